The molecule has 2 N–H and O–H groups in total. The van der Waals surface area contributed by atoms with Gasteiger partial charge in [-0.3, -0.25) is 0 Å². The summed E-state index contributed by atoms with van der Waals surface area (Å²) in [6, 6.07) is 8.08. The van der Waals surface area contributed by atoms with Crippen LogP contribution in [0.5, 0.6) is 0 Å². The monoisotopic (exact) mass is 329 g/mol. The standard InChI is InChI=1S/C14H19N3O2S.ClH/c1-14(2)10-17(7-6-13(14)16)20(18,19)12-5-3-4-11(8-12)9-15;/h3-5,8,13H,6-7,10,16H2,1-2H3;1H. The maximum atomic E-state index is 12.6. The molecule has 1 saturated heterocycles. The van der Waals surface area contributed by atoms with E-state index in [9.17, 15) is 8.42 Å². The number of hydrogen-bond acceptors (Lipinski definition) is 4. The van der Waals surface area contributed by atoms with Crippen LogP contribution in [-0.2, 0) is 10.0 Å². The molecule has 0 radical (unpaired) electrons. The highest BCUT2D eigenvalue weighted by atomic mass is 35.5. The van der Waals surface area contributed by atoms with Gasteiger partial charge in [-0.05, 0) is 30.0 Å². The van der Waals surface area contributed by atoms with Crippen LogP contribution in [0, 0.1) is 16.7 Å². The quantitative estimate of drug-likeness (QED) is 0.895. The van der Waals surface area contributed by atoms with Gasteiger partial charge in [-0.15, -0.1) is 12.4 Å². The van der Waals surface area contributed by atoms with Crippen molar-refractivity contribution in [3.8, 4) is 6.07 Å². The Kier molecular flexibility index (Phi) is 5.40. The Bertz CT molecular complexity index is 652. The first kappa shape index (κ1) is 17.9. The summed E-state index contributed by atoms with van der Waals surface area (Å²) in [7, 11) is -3.56. The molecule has 1 aromatic rings. The van der Waals surface area contributed by atoms with Crippen LogP contribution in [0.25, 0.3) is 0 Å². The number of piperidine rings is 1. The first-order chi connectivity index (χ1) is 9.27. The van der Waals surface area contributed by atoms with Crippen molar-refractivity contribution in [2.75, 3.05) is 13.1 Å². The van der Waals surface area contributed by atoms with Gasteiger partial charge < -0.3 is 5.73 Å². The van der Waals surface area contributed by atoms with E-state index in [-0.39, 0.29) is 28.8 Å². The minimum Gasteiger partial charge on any atom is -0.327 e. The Morgan fingerprint density at radius 3 is 2.67 bits per heavy atom. The molecule has 1 aliphatic rings. The van der Waals surface area contributed by atoms with Gasteiger partial charge in [-0.25, -0.2) is 8.42 Å². The van der Waals surface area contributed by atoms with E-state index in [1.165, 1.54) is 16.4 Å². The van der Waals surface area contributed by atoms with Crippen LogP contribution in [-0.4, -0.2) is 31.9 Å². The SMILES string of the molecule is CC1(C)CN(S(=O)(=O)c2cccc(C#N)c2)CCC1N.Cl. The van der Waals surface area contributed by atoms with E-state index in [4.69, 9.17) is 11.0 Å². The molecule has 1 atom stereocenters. The van der Waals surface area contributed by atoms with E-state index in [0.29, 0.717) is 25.1 Å². The summed E-state index contributed by atoms with van der Waals surface area (Å²) in [5.41, 5.74) is 6.13. The van der Waals surface area contributed by atoms with Crippen LogP contribution < -0.4 is 5.73 Å². The highest BCUT2D eigenvalue weighted by Gasteiger charge is 2.38. The van der Waals surface area contributed by atoms with Gasteiger partial charge in [0, 0.05) is 19.1 Å². The van der Waals surface area contributed by atoms with E-state index in [1.807, 2.05) is 19.9 Å². The van der Waals surface area contributed by atoms with Crippen molar-refractivity contribution in [3.05, 3.63) is 29.8 Å². The van der Waals surface area contributed by atoms with Crippen LogP contribution in [0.3, 0.4) is 0 Å². The lowest BCUT2D eigenvalue weighted by atomic mass is 9.81. The van der Waals surface area contributed by atoms with Gasteiger partial charge in [0.1, 0.15) is 0 Å². The summed E-state index contributed by atoms with van der Waals surface area (Å²) in [5.74, 6) is 0. The first-order valence-electron chi connectivity index (χ1n) is 6.53. The molecule has 1 fully saturated rings. The molecule has 0 bridgehead atoms. The third-order valence-electron chi connectivity index (χ3n) is 3.88. The highest BCUT2D eigenvalue weighted by Crippen LogP contribution is 2.31. The average Bonchev–Trinajstić information content (AvgIpc) is 2.41. The van der Waals surface area contributed by atoms with Crippen molar-refractivity contribution in [1.29, 1.82) is 5.26 Å². The first-order valence-corrected chi connectivity index (χ1v) is 7.97. The second-order valence-electron chi connectivity index (χ2n) is 5.86. The fraction of sp³-hybridized carbons (Fsp3) is 0.500. The average molecular weight is 330 g/mol. The molecule has 0 aliphatic carbocycles. The van der Waals surface area contributed by atoms with Gasteiger partial charge in [0.2, 0.25) is 10.0 Å². The van der Waals surface area contributed by atoms with E-state index in [1.54, 1.807) is 12.1 Å². The fourth-order valence-corrected chi connectivity index (χ4v) is 4.08. The van der Waals surface area contributed by atoms with Crippen molar-refractivity contribution in [2.45, 2.75) is 31.2 Å². The normalized spacial score (nSPS) is 22.1. The number of hydrogen-bond donors (Lipinski definition) is 1. The summed E-state index contributed by atoms with van der Waals surface area (Å²) >= 11 is 0. The summed E-state index contributed by atoms with van der Waals surface area (Å²) in [6.07, 6.45) is 0.643. The van der Waals surface area contributed by atoms with Crippen LogP contribution in [0.2, 0.25) is 0 Å². The maximum absolute atomic E-state index is 12.6. The molecule has 5 nitrogen and oxygen atoms in total. The van der Waals surface area contributed by atoms with Gasteiger partial charge in [0.05, 0.1) is 16.5 Å². The lowest BCUT2D eigenvalue weighted by Gasteiger charge is -2.41. The summed E-state index contributed by atoms with van der Waals surface area (Å²) < 4.78 is 26.7. The molecule has 116 valence electrons. The number of nitrogens with two attached hydrogens (primary N) is 1. The molecule has 7 heteroatoms. The van der Waals surface area contributed by atoms with E-state index in [2.05, 4.69) is 0 Å². The van der Waals surface area contributed by atoms with Crippen molar-refractivity contribution >= 4 is 22.4 Å². The molecular formula is C14H20ClN3O2S. The Balaban J connectivity index is 0.00000220. The number of nitriles is 1. The molecule has 0 amide bonds. The van der Waals surface area contributed by atoms with Crippen molar-refractivity contribution in [1.82, 2.24) is 4.31 Å². The number of benzene rings is 1. The molecule has 1 unspecified atom stereocenters. The number of rotatable bonds is 2. The second kappa shape index (κ2) is 6.32. The van der Waals surface area contributed by atoms with Gasteiger partial charge in [0.25, 0.3) is 0 Å². The third kappa shape index (κ3) is 3.55. The zero-order chi connectivity index (χ0) is 15.0. The molecular weight excluding hydrogens is 310 g/mol. The van der Waals surface area contributed by atoms with Gasteiger partial charge in [0.15, 0.2) is 0 Å². The Morgan fingerprint density at radius 1 is 1.43 bits per heavy atom. The summed E-state index contributed by atoms with van der Waals surface area (Å²) in [4.78, 5) is 0.169. The molecule has 1 aliphatic heterocycles. The van der Waals surface area contributed by atoms with Crippen LogP contribution >= 0.6 is 12.4 Å². The predicted molar refractivity (Wildman–Crippen MR) is 83.5 cm³/mol. The Morgan fingerprint density at radius 2 is 2.10 bits per heavy atom. The largest absolute Gasteiger partial charge is 0.327 e. The van der Waals surface area contributed by atoms with Crippen LogP contribution in [0.4, 0.5) is 0 Å². The third-order valence-corrected chi connectivity index (χ3v) is 5.72. The molecule has 1 aromatic carbocycles. The van der Waals surface area contributed by atoms with Crippen LogP contribution in [0.1, 0.15) is 25.8 Å². The molecule has 2 rings (SSSR count). The van der Waals surface area contributed by atoms with Gasteiger partial charge >= 0.3 is 0 Å². The number of sulfonamides is 1. The van der Waals surface area contributed by atoms with Gasteiger partial charge in [-0.2, -0.15) is 9.57 Å². The lowest BCUT2D eigenvalue weighted by molar-refractivity contribution is 0.155. The highest BCUT2D eigenvalue weighted by molar-refractivity contribution is 7.89. The molecule has 1 heterocycles. The molecule has 0 saturated carbocycles. The number of halogens is 1. The zero-order valence-electron chi connectivity index (χ0n) is 12.1. The topological polar surface area (TPSA) is 87.2 Å². The molecule has 21 heavy (non-hydrogen) atoms. The van der Waals surface area contributed by atoms with E-state index >= 15 is 0 Å². The van der Waals surface area contributed by atoms with Gasteiger partial charge in [-0.1, -0.05) is 19.9 Å². The Labute approximate surface area is 132 Å². The van der Waals surface area contributed by atoms with Crippen molar-refractivity contribution in [2.24, 2.45) is 11.1 Å². The van der Waals surface area contributed by atoms with E-state index < -0.39 is 10.0 Å². The second-order valence-corrected chi connectivity index (χ2v) is 7.80. The molecule has 0 spiro atoms. The zero-order valence-corrected chi connectivity index (χ0v) is 13.7. The Hall–Kier alpha value is -1.13. The summed E-state index contributed by atoms with van der Waals surface area (Å²) in [6.45, 7) is 4.77. The lowest BCUT2D eigenvalue weighted by Crippen LogP contribution is -2.53. The minimum atomic E-state index is -3.56. The summed E-state index contributed by atoms with van der Waals surface area (Å²) in [5, 5.41) is 8.88. The molecule has 0 aromatic heterocycles. The van der Waals surface area contributed by atoms with Crippen LogP contribution in [0.15, 0.2) is 29.2 Å². The predicted octanol–water partition coefficient (Wildman–Crippen LogP) is 1.73. The van der Waals surface area contributed by atoms with Crippen molar-refractivity contribution < 1.29 is 8.42 Å². The minimum absolute atomic E-state index is 0. The number of nitrogens with zero attached hydrogens (tertiary/aromatic N) is 2. The smallest absolute Gasteiger partial charge is 0.243 e. The fourth-order valence-electron chi connectivity index (χ4n) is 2.40. The van der Waals surface area contributed by atoms with E-state index in [0.717, 1.165) is 0 Å². The van der Waals surface area contributed by atoms with Crippen molar-refractivity contribution in [3.63, 3.8) is 0 Å². The maximum Gasteiger partial charge on any atom is 0.243 e.